The molecule has 5 nitrogen and oxygen atoms in total. The van der Waals surface area contributed by atoms with E-state index in [2.05, 4.69) is 10.1 Å². The van der Waals surface area contributed by atoms with E-state index in [4.69, 9.17) is 5.73 Å². The molecule has 21 heavy (non-hydrogen) atoms. The summed E-state index contributed by atoms with van der Waals surface area (Å²) in [6.45, 7) is 1.82. The van der Waals surface area contributed by atoms with E-state index in [1.807, 2.05) is 6.92 Å². The van der Waals surface area contributed by atoms with Gasteiger partial charge in [0.25, 0.3) is 5.91 Å². The lowest BCUT2D eigenvalue weighted by atomic mass is 10.1. The number of amides is 1. The van der Waals surface area contributed by atoms with Gasteiger partial charge in [-0.25, -0.2) is 4.79 Å². The highest BCUT2D eigenvalue weighted by atomic mass is 16.5. The van der Waals surface area contributed by atoms with Gasteiger partial charge in [-0.05, 0) is 48.9 Å². The molecule has 1 amide bonds. The third kappa shape index (κ3) is 3.39. The number of aryl methyl sites for hydroxylation is 1. The van der Waals surface area contributed by atoms with Gasteiger partial charge in [-0.1, -0.05) is 6.07 Å². The largest absolute Gasteiger partial charge is 0.465 e. The quantitative estimate of drug-likeness (QED) is 0.670. The number of nitrogens with two attached hydrogens (primary N) is 1. The van der Waals surface area contributed by atoms with Crippen LogP contribution in [0.25, 0.3) is 0 Å². The average Bonchev–Trinajstić information content (AvgIpc) is 2.46. The van der Waals surface area contributed by atoms with E-state index in [-0.39, 0.29) is 5.91 Å². The van der Waals surface area contributed by atoms with Crippen LogP contribution in [0.4, 0.5) is 11.4 Å². The molecule has 0 bridgehead atoms. The summed E-state index contributed by atoms with van der Waals surface area (Å²) in [5, 5.41) is 2.75. The van der Waals surface area contributed by atoms with E-state index in [9.17, 15) is 9.59 Å². The number of carbonyl (C=O) groups is 2. The van der Waals surface area contributed by atoms with Gasteiger partial charge in [0.1, 0.15) is 0 Å². The summed E-state index contributed by atoms with van der Waals surface area (Å²) in [6, 6.07) is 11.7. The number of nitrogens with one attached hydrogen (secondary N) is 1. The molecule has 0 saturated heterocycles. The fourth-order valence-corrected chi connectivity index (χ4v) is 1.98. The number of carbonyl (C=O) groups excluding carboxylic acids is 2. The number of ether oxygens (including phenoxy) is 1. The Bertz CT molecular complexity index is 696. The van der Waals surface area contributed by atoms with Crippen molar-refractivity contribution in [1.82, 2.24) is 0 Å². The van der Waals surface area contributed by atoms with Crippen LogP contribution in [0.15, 0.2) is 42.5 Å². The molecule has 3 N–H and O–H groups in total. The van der Waals surface area contributed by atoms with Gasteiger partial charge in [0.05, 0.1) is 12.7 Å². The first-order valence-corrected chi connectivity index (χ1v) is 6.37. The summed E-state index contributed by atoms with van der Waals surface area (Å²) in [4.78, 5) is 23.7. The number of nitrogen functional groups attached to an aromatic ring is 1. The maximum absolute atomic E-state index is 12.2. The highest BCUT2D eigenvalue weighted by Crippen LogP contribution is 2.16. The third-order valence-electron chi connectivity index (χ3n) is 3.04. The molecule has 2 aromatic carbocycles. The summed E-state index contributed by atoms with van der Waals surface area (Å²) in [7, 11) is 1.31. The minimum Gasteiger partial charge on any atom is -0.465 e. The summed E-state index contributed by atoms with van der Waals surface area (Å²) in [5.41, 5.74) is 8.50. The Morgan fingerprint density at radius 1 is 1.14 bits per heavy atom. The molecule has 108 valence electrons. The minimum atomic E-state index is -0.449. The van der Waals surface area contributed by atoms with Gasteiger partial charge in [0.15, 0.2) is 0 Å². The first-order chi connectivity index (χ1) is 10.0. The topological polar surface area (TPSA) is 81.4 Å². The van der Waals surface area contributed by atoms with Crippen LogP contribution in [0.2, 0.25) is 0 Å². The molecule has 0 radical (unpaired) electrons. The molecule has 2 rings (SSSR count). The van der Waals surface area contributed by atoms with Gasteiger partial charge >= 0.3 is 5.97 Å². The summed E-state index contributed by atoms with van der Waals surface area (Å²) in [5.74, 6) is -0.704. The van der Waals surface area contributed by atoms with Crippen molar-refractivity contribution < 1.29 is 14.3 Å². The monoisotopic (exact) mass is 284 g/mol. The van der Waals surface area contributed by atoms with Gasteiger partial charge in [-0.3, -0.25) is 4.79 Å². The van der Waals surface area contributed by atoms with Crippen LogP contribution in [-0.2, 0) is 4.74 Å². The number of methoxy groups -OCH3 is 1. The second kappa shape index (κ2) is 6.09. The van der Waals surface area contributed by atoms with Gasteiger partial charge in [-0.2, -0.15) is 0 Å². The maximum atomic E-state index is 12.2. The zero-order valence-electron chi connectivity index (χ0n) is 11.8. The van der Waals surface area contributed by atoms with Crippen molar-refractivity contribution in [1.29, 1.82) is 0 Å². The number of anilines is 2. The number of hydrogen-bond acceptors (Lipinski definition) is 4. The van der Waals surface area contributed by atoms with Gasteiger partial charge < -0.3 is 15.8 Å². The molecular formula is C16H16N2O3. The van der Waals surface area contributed by atoms with E-state index >= 15 is 0 Å². The molecule has 2 aromatic rings. The second-order valence-electron chi connectivity index (χ2n) is 4.60. The molecule has 0 saturated carbocycles. The smallest absolute Gasteiger partial charge is 0.337 e. The summed E-state index contributed by atoms with van der Waals surface area (Å²) >= 11 is 0. The molecule has 0 fully saturated rings. The van der Waals surface area contributed by atoms with E-state index in [0.717, 1.165) is 5.56 Å². The molecule has 5 heteroatoms. The Morgan fingerprint density at radius 2 is 1.90 bits per heavy atom. The zero-order chi connectivity index (χ0) is 15.4. The minimum absolute atomic E-state index is 0.255. The van der Waals surface area contributed by atoms with E-state index in [1.54, 1.807) is 42.5 Å². The Hall–Kier alpha value is -2.82. The third-order valence-corrected chi connectivity index (χ3v) is 3.04. The lowest BCUT2D eigenvalue weighted by molar-refractivity contribution is 0.0600. The van der Waals surface area contributed by atoms with Crippen LogP contribution in [-0.4, -0.2) is 19.0 Å². The Kier molecular flexibility index (Phi) is 4.23. The molecule has 0 aliphatic heterocycles. The molecule has 0 aromatic heterocycles. The number of rotatable bonds is 3. The first-order valence-electron chi connectivity index (χ1n) is 6.37. The van der Waals surface area contributed by atoms with Crippen molar-refractivity contribution in [3.63, 3.8) is 0 Å². The van der Waals surface area contributed by atoms with E-state index in [1.165, 1.54) is 7.11 Å². The molecule has 0 aliphatic rings. The lowest BCUT2D eigenvalue weighted by Crippen LogP contribution is -2.14. The fraction of sp³-hybridized carbons (Fsp3) is 0.125. The first kappa shape index (κ1) is 14.6. The SMILES string of the molecule is COC(=O)c1cccc(NC(=O)c2ccc(N)cc2C)c1. The van der Waals surface area contributed by atoms with Crippen LogP contribution in [0.3, 0.4) is 0 Å². The molecule has 0 aliphatic carbocycles. The van der Waals surface area contributed by atoms with Crippen molar-refractivity contribution in [2.24, 2.45) is 0 Å². The van der Waals surface area contributed by atoms with Crippen LogP contribution < -0.4 is 11.1 Å². The molecule has 0 unspecified atom stereocenters. The van der Waals surface area contributed by atoms with Gasteiger partial charge in [0, 0.05) is 16.9 Å². The predicted molar refractivity (Wildman–Crippen MR) is 81.3 cm³/mol. The van der Waals surface area contributed by atoms with Crippen molar-refractivity contribution in [2.45, 2.75) is 6.92 Å². The second-order valence-corrected chi connectivity index (χ2v) is 4.60. The lowest BCUT2D eigenvalue weighted by Gasteiger charge is -2.09. The van der Waals surface area contributed by atoms with E-state index in [0.29, 0.717) is 22.5 Å². The zero-order valence-corrected chi connectivity index (χ0v) is 11.8. The number of hydrogen-bond donors (Lipinski definition) is 2. The Balaban J connectivity index is 2.21. The number of benzene rings is 2. The van der Waals surface area contributed by atoms with E-state index < -0.39 is 5.97 Å². The fourth-order valence-electron chi connectivity index (χ4n) is 1.98. The molecule has 0 atom stereocenters. The highest BCUT2D eigenvalue weighted by molar-refractivity contribution is 6.06. The van der Waals surface area contributed by atoms with Crippen LogP contribution >= 0.6 is 0 Å². The predicted octanol–water partition coefficient (Wildman–Crippen LogP) is 2.62. The molecule has 0 heterocycles. The van der Waals surface area contributed by atoms with Crippen molar-refractivity contribution in [3.8, 4) is 0 Å². The summed E-state index contributed by atoms with van der Waals surface area (Å²) < 4.78 is 4.65. The Morgan fingerprint density at radius 3 is 2.57 bits per heavy atom. The van der Waals surface area contributed by atoms with Gasteiger partial charge in [0.2, 0.25) is 0 Å². The van der Waals surface area contributed by atoms with Crippen molar-refractivity contribution in [3.05, 3.63) is 59.2 Å². The number of esters is 1. The van der Waals surface area contributed by atoms with Crippen molar-refractivity contribution in [2.75, 3.05) is 18.2 Å². The van der Waals surface area contributed by atoms with Crippen LogP contribution in [0.1, 0.15) is 26.3 Å². The van der Waals surface area contributed by atoms with Crippen LogP contribution in [0.5, 0.6) is 0 Å². The highest BCUT2D eigenvalue weighted by Gasteiger charge is 2.11. The van der Waals surface area contributed by atoms with Gasteiger partial charge in [-0.15, -0.1) is 0 Å². The maximum Gasteiger partial charge on any atom is 0.337 e. The molecule has 0 spiro atoms. The van der Waals surface area contributed by atoms with Crippen molar-refractivity contribution >= 4 is 23.3 Å². The standard InChI is InChI=1S/C16H16N2O3/c1-10-8-12(17)6-7-14(10)15(19)18-13-5-3-4-11(9-13)16(20)21-2/h3-9H,17H2,1-2H3,(H,18,19). The normalized spacial score (nSPS) is 10.0. The average molecular weight is 284 g/mol. The Labute approximate surface area is 122 Å². The summed E-state index contributed by atoms with van der Waals surface area (Å²) in [6.07, 6.45) is 0. The van der Waals surface area contributed by atoms with Crippen LogP contribution in [0, 0.1) is 6.92 Å². The molecular weight excluding hydrogens is 268 g/mol.